The summed E-state index contributed by atoms with van der Waals surface area (Å²) < 4.78 is 6.61. The molecule has 7 nitrogen and oxygen atoms in total. The van der Waals surface area contributed by atoms with Gasteiger partial charge in [0, 0.05) is 62.5 Å². The van der Waals surface area contributed by atoms with E-state index in [0.717, 1.165) is 37.1 Å². The van der Waals surface area contributed by atoms with Gasteiger partial charge in [0.25, 0.3) is 0 Å². The Hall–Kier alpha value is -1.00. The third kappa shape index (κ3) is 17.8. The summed E-state index contributed by atoms with van der Waals surface area (Å²) in [6, 6.07) is 6.49. The fraction of sp³-hybridized carbons (Fsp3) is 0.714. The Morgan fingerprint density at radius 2 is 0.811 bits per heavy atom. The second-order valence-corrected chi connectivity index (χ2v) is 16.9. The number of rotatable bonds is 26. The number of benzene rings is 2. The van der Waals surface area contributed by atoms with Crippen molar-refractivity contribution in [2.45, 2.75) is 141 Å². The molecule has 53 heavy (non-hydrogen) atoms. The van der Waals surface area contributed by atoms with Gasteiger partial charge in [0.1, 0.15) is 11.5 Å². The maximum absolute atomic E-state index is 10.0. The number of phenolic OH excluding ortho intramolecular Hbond substituents is 2. The van der Waals surface area contributed by atoms with Crippen LogP contribution in [0.2, 0.25) is 20.1 Å². The van der Waals surface area contributed by atoms with Gasteiger partial charge in [0.05, 0.1) is 32.3 Å². The van der Waals surface area contributed by atoms with E-state index >= 15 is 0 Å². The molecule has 2 aromatic rings. The molecule has 0 aromatic heterocycles. The summed E-state index contributed by atoms with van der Waals surface area (Å²) >= 11 is 24.0. The number of likely N-dealkylation sites (tertiary alicyclic amines) is 2. The van der Waals surface area contributed by atoms with Crippen molar-refractivity contribution in [3.05, 3.63) is 55.5 Å². The molecule has 4 rings (SSSR count). The molecule has 2 heterocycles. The van der Waals surface area contributed by atoms with Crippen LogP contribution in [0.4, 0.5) is 0 Å². The number of ether oxygens (including phenoxy) is 1. The average molecular weight is 817 g/mol. The molecule has 2 aliphatic rings. The minimum absolute atomic E-state index is 0.196. The van der Waals surface area contributed by atoms with Crippen LogP contribution >= 0.6 is 46.4 Å². The van der Waals surface area contributed by atoms with Gasteiger partial charge in [0.2, 0.25) is 0 Å². The maximum atomic E-state index is 10.0. The van der Waals surface area contributed by atoms with Crippen LogP contribution < -0.4 is 10.6 Å². The third-order valence-electron chi connectivity index (χ3n) is 11.0. The van der Waals surface area contributed by atoms with E-state index in [-0.39, 0.29) is 11.5 Å². The van der Waals surface area contributed by atoms with Crippen LogP contribution in [-0.4, -0.2) is 84.6 Å². The van der Waals surface area contributed by atoms with E-state index in [9.17, 15) is 10.2 Å². The molecule has 2 saturated heterocycles. The molecule has 0 aliphatic carbocycles. The zero-order chi connectivity index (χ0) is 37.7. The second kappa shape index (κ2) is 26.0. The number of nitrogens with one attached hydrogen (secondary N) is 2. The van der Waals surface area contributed by atoms with Crippen LogP contribution in [0.1, 0.15) is 127 Å². The van der Waals surface area contributed by atoms with Gasteiger partial charge in [-0.15, -0.1) is 0 Å². The zero-order valence-corrected chi connectivity index (χ0v) is 35.0. The average Bonchev–Trinajstić information content (AvgIpc) is 3.15. The van der Waals surface area contributed by atoms with Crippen LogP contribution in [0.5, 0.6) is 11.5 Å². The van der Waals surface area contributed by atoms with Gasteiger partial charge in [-0.1, -0.05) is 111 Å². The normalized spacial score (nSPS) is 16.5. The summed E-state index contributed by atoms with van der Waals surface area (Å²) in [6.07, 6.45) is 23.7. The summed E-state index contributed by atoms with van der Waals surface area (Å²) in [7, 11) is 0. The van der Waals surface area contributed by atoms with Crippen molar-refractivity contribution in [2.75, 3.05) is 52.4 Å². The van der Waals surface area contributed by atoms with Gasteiger partial charge in [-0.2, -0.15) is 0 Å². The minimum atomic E-state index is 0.196. The highest BCUT2D eigenvalue weighted by molar-refractivity contribution is 6.42. The van der Waals surface area contributed by atoms with Crippen LogP contribution in [0.25, 0.3) is 0 Å². The van der Waals surface area contributed by atoms with E-state index in [2.05, 4.69) is 20.4 Å². The van der Waals surface area contributed by atoms with Gasteiger partial charge in [-0.05, 0) is 89.7 Å². The third-order valence-corrected chi connectivity index (χ3v) is 12.4. The van der Waals surface area contributed by atoms with Gasteiger partial charge in [-0.3, -0.25) is 0 Å². The summed E-state index contributed by atoms with van der Waals surface area (Å²) in [5.41, 5.74) is 1.58. The number of unbranched alkanes of at least 4 members (excludes halogenated alkanes) is 12. The topological polar surface area (TPSA) is 80.2 Å². The Balaban J connectivity index is 0.876. The molecule has 11 heteroatoms. The van der Waals surface area contributed by atoms with Crippen molar-refractivity contribution in [3.8, 4) is 11.5 Å². The van der Waals surface area contributed by atoms with Crippen molar-refractivity contribution in [3.63, 3.8) is 0 Å². The number of phenols is 2. The quantitative estimate of drug-likeness (QED) is 0.0704. The lowest BCUT2D eigenvalue weighted by Gasteiger charge is -2.37. The fourth-order valence-electron chi connectivity index (χ4n) is 7.63. The van der Waals surface area contributed by atoms with Crippen molar-refractivity contribution in [2.24, 2.45) is 0 Å². The van der Waals surface area contributed by atoms with Gasteiger partial charge in [-0.25, -0.2) is 0 Å². The number of nitrogens with zero attached hydrogens (tertiary/aromatic N) is 2. The first kappa shape index (κ1) is 44.7. The van der Waals surface area contributed by atoms with E-state index in [0.29, 0.717) is 45.4 Å². The van der Waals surface area contributed by atoms with E-state index in [1.54, 1.807) is 12.1 Å². The molecule has 0 bridgehead atoms. The first-order valence-corrected chi connectivity index (χ1v) is 22.1. The first-order chi connectivity index (χ1) is 25.8. The number of hydrogen-bond acceptors (Lipinski definition) is 7. The number of aromatic hydroxyl groups is 2. The predicted octanol–water partition coefficient (Wildman–Crippen LogP) is 11.0. The highest BCUT2D eigenvalue weighted by Crippen LogP contribution is 2.31. The maximum Gasteiger partial charge on any atom is 0.121 e. The highest BCUT2D eigenvalue weighted by Gasteiger charge is 2.25. The van der Waals surface area contributed by atoms with Crippen molar-refractivity contribution in [1.82, 2.24) is 20.4 Å². The molecule has 0 spiro atoms. The predicted molar refractivity (Wildman–Crippen MR) is 224 cm³/mol. The van der Waals surface area contributed by atoms with Gasteiger partial charge >= 0.3 is 0 Å². The molecule has 4 N–H and O–H groups in total. The molecule has 0 amide bonds. The lowest BCUT2D eigenvalue weighted by atomic mass is 10.0. The summed E-state index contributed by atoms with van der Waals surface area (Å²) in [5.74, 6) is 0.392. The van der Waals surface area contributed by atoms with Crippen molar-refractivity contribution < 1.29 is 14.9 Å². The fourth-order valence-corrected chi connectivity index (χ4v) is 8.32. The number of hydrogen-bond donors (Lipinski definition) is 4. The van der Waals surface area contributed by atoms with E-state index in [4.69, 9.17) is 51.1 Å². The van der Waals surface area contributed by atoms with Crippen LogP contribution in [0.15, 0.2) is 24.3 Å². The van der Waals surface area contributed by atoms with E-state index in [1.807, 2.05) is 0 Å². The lowest BCUT2D eigenvalue weighted by molar-refractivity contribution is -0.0650. The molecule has 2 fully saturated rings. The summed E-state index contributed by atoms with van der Waals surface area (Å²) in [5, 5.41) is 28.5. The Bertz CT molecular complexity index is 1210. The summed E-state index contributed by atoms with van der Waals surface area (Å²) in [6.45, 7) is 10.4. The molecule has 2 aliphatic heterocycles. The molecule has 2 aromatic carbocycles. The Morgan fingerprint density at radius 1 is 0.491 bits per heavy atom. The molecule has 0 saturated carbocycles. The monoisotopic (exact) mass is 814 g/mol. The SMILES string of the molecule is Oc1cc(Cl)c(Cl)cc1CNCCCCCCCCCN1CCC(OC2CCN(CCCCCCCCCNCc3cc(Cl)c(Cl)cc3O)CC2)CC1. The van der Waals surface area contributed by atoms with Crippen molar-refractivity contribution >= 4 is 46.4 Å². The molecule has 0 unspecified atom stereocenters. The smallest absolute Gasteiger partial charge is 0.121 e. The minimum Gasteiger partial charge on any atom is -0.508 e. The van der Waals surface area contributed by atoms with E-state index < -0.39 is 0 Å². The Kier molecular flexibility index (Phi) is 22.0. The molecule has 0 radical (unpaired) electrons. The van der Waals surface area contributed by atoms with Crippen molar-refractivity contribution in [1.29, 1.82) is 0 Å². The standard InChI is InChI=1S/C42H66Cl4N4O3/c43-37-27-33(41(51)29-39(37)45)31-47-19-11-7-3-1-5-9-13-21-49-23-15-35(16-24-49)53-36-17-25-50(26-18-36)22-14-10-6-2-4-8-12-20-48-32-34-28-38(44)40(46)30-42(34)52/h27-30,35-36,47-48,51-52H,1-26,31-32H2. The molecular weight excluding hydrogens is 750 g/mol. The number of piperidine rings is 2. The van der Waals surface area contributed by atoms with E-state index in [1.165, 1.54) is 154 Å². The first-order valence-electron chi connectivity index (χ1n) is 20.6. The number of halogens is 4. The van der Waals surface area contributed by atoms with Crippen LogP contribution in [-0.2, 0) is 17.8 Å². The molecule has 0 atom stereocenters. The Morgan fingerprint density at radius 3 is 1.19 bits per heavy atom. The highest BCUT2D eigenvalue weighted by atomic mass is 35.5. The zero-order valence-electron chi connectivity index (χ0n) is 32.0. The lowest BCUT2D eigenvalue weighted by Crippen LogP contribution is -2.42. The van der Waals surface area contributed by atoms with Gasteiger partial charge in [0.15, 0.2) is 0 Å². The second-order valence-electron chi connectivity index (χ2n) is 15.3. The largest absolute Gasteiger partial charge is 0.508 e. The summed E-state index contributed by atoms with van der Waals surface area (Å²) in [4.78, 5) is 5.32. The molecular formula is C42H66Cl4N4O3. The molecule has 300 valence electrons. The van der Waals surface area contributed by atoms with Crippen LogP contribution in [0.3, 0.4) is 0 Å². The van der Waals surface area contributed by atoms with Crippen LogP contribution in [0, 0.1) is 0 Å². The Labute approximate surface area is 340 Å². The van der Waals surface area contributed by atoms with Gasteiger partial charge < -0.3 is 35.4 Å².